The fraction of sp³-hybridized carbons (Fsp3) is 0.389. The van der Waals surface area contributed by atoms with Crippen molar-refractivity contribution in [1.29, 1.82) is 0 Å². The van der Waals surface area contributed by atoms with E-state index >= 15 is 0 Å². The van der Waals surface area contributed by atoms with Gasteiger partial charge in [0.25, 0.3) is 5.91 Å². The molecule has 1 aliphatic rings. The molecule has 1 saturated heterocycles. The highest BCUT2D eigenvalue weighted by Crippen LogP contribution is 2.27. The number of carbonyl (C=O) groups is 2. The maximum Gasteiger partial charge on any atom is 0.306 e. The first-order valence-electron chi connectivity index (χ1n) is 8.32. The summed E-state index contributed by atoms with van der Waals surface area (Å²) in [6.45, 7) is 4.54. The number of carboxylic acid groups (broad SMARTS) is 1. The first-order chi connectivity index (χ1) is 12.3. The van der Waals surface area contributed by atoms with Crippen LogP contribution in [0.15, 0.2) is 24.3 Å². The maximum absolute atomic E-state index is 12.8. The molecule has 1 N–H and O–H groups in total. The highest BCUT2D eigenvalue weighted by molar-refractivity contribution is 6.42. The minimum Gasteiger partial charge on any atom is -0.481 e. The lowest BCUT2D eigenvalue weighted by molar-refractivity contribution is -0.145. The molecule has 2 heterocycles. The standard InChI is InChI=1S/C18H19Cl2N3O3/c1-10-9-22(6-5-13(10)18(25)26)17(24)16-7-11(2)23(21-16)12-3-4-14(19)15(20)8-12/h3-4,7-8,10,13H,5-6,9H2,1-2H3,(H,25,26). The average Bonchev–Trinajstić information content (AvgIpc) is 2.98. The zero-order chi connectivity index (χ0) is 19.0. The van der Waals surface area contributed by atoms with Gasteiger partial charge in [0, 0.05) is 18.8 Å². The molecule has 0 radical (unpaired) electrons. The third kappa shape index (κ3) is 3.57. The van der Waals surface area contributed by atoms with Crippen LogP contribution in [0.3, 0.4) is 0 Å². The van der Waals surface area contributed by atoms with Crippen molar-refractivity contribution >= 4 is 35.1 Å². The number of likely N-dealkylation sites (tertiary alicyclic amines) is 1. The third-order valence-corrected chi connectivity index (χ3v) is 5.50. The molecule has 3 rings (SSSR count). The molecule has 6 nitrogen and oxygen atoms in total. The number of rotatable bonds is 3. The highest BCUT2D eigenvalue weighted by Gasteiger charge is 2.34. The van der Waals surface area contributed by atoms with Crippen LogP contribution < -0.4 is 0 Å². The third-order valence-electron chi connectivity index (χ3n) is 4.76. The van der Waals surface area contributed by atoms with Gasteiger partial charge in [0.2, 0.25) is 0 Å². The maximum atomic E-state index is 12.8. The summed E-state index contributed by atoms with van der Waals surface area (Å²) in [4.78, 5) is 25.7. The van der Waals surface area contributed by atoms with Crippen molar-refractivity contribution in [3.63, 3.8) is 0 Å². The second-order valence-electron chi connectivity index (χ2n) is 6.64. The van der Waals surface area contributed by atoms with Crippen LogP contribution >= 0.6 is 23.2 Å². The largest absolute Gasteiger partial charge is 0.481 e. The smallest absolute Gasteiger partial charge is 0.306 e. The normalized spacial score (nSPS) is 20.2. The summed E-state index contributed by atoms with van der Waals surface area (Å²) >= 11 is 12.0. The zero-order valence-corrected chi connectivity index (χ0v) is 16.0. The Morgan fingerprint density at radius 1 is 1.23 bits per heavy atom. The van der Waals surface area contributed by atoms with Gasteiger partial charge in [0.1, 0.15) is 0 Å². The topological polar surface area (TPSA) is 75.4 Å². The van der Waals surface area contributed by atoms with Crippen LogP contribution in [0.5, 0.6) is 0 Å². The molecule has 0 bridgehead atoms. The predicted molar refractivity (Wildman–Crippen MR) is 99.1 cm³/mol. The molecule has 0 saturated carbocycles. The number of carboxylic acids is 1. The van der Waals surface area contributed by atoms with E-state index in [0.717, 1.165) is 5.69 Å². The summed E-state index contributed by atoms with van der Waals surface area (Å²) in [5, 5.41) is 14.5. The number of carbonyl (C=O) groups excluding carboxylic acids is 1. The van der Waals surface area contributed by atoms with Gasteiger partial charge in [-0.25, -0.2) is 4.68 Å². The van der Waals surface area contributed by atoms with E-state index in [4.69, 9.17) is 23.2 Å². The van der Waals surface area contributed by atoms with Crippen LogP contribution in [0.4, 0.5) is 0 Å². The number of amides is 1. The summed E-state index contributed by atoms with van der Waals surface area (Å²) in [6.07, 6.45) is 0.453. The molecule has 8 heteroatoms. The van der Waals surface area contributed by atoms with Gasteiger partial charge < -0.3 is 10.0 Å². The summed E-state index contributed by atoms with van der Waals surface area (Å²) in [6, 6.07) is 6.88. The highest BCUT2D eigenvalue weighted by atomic mass is 35.5. The van der Waals surface area contributed by atoms with Gasteiger partial charge in [-0.05, 0) is 43.5 Å². The second-order valence-corrected chi connectivity index (χ2v) is 7.46. The van der Waals surface area contributed by atoms with Gasteiger partial charge in [-0.3, -0.25) is 9.59 Å². The van der Waals surface area contributed by atoms with E-state index in [-0.39, 0.29) is 11.8 Å². The fourth-order valence-electron chi connectivity index (χ4n) is 3.32. The van der Waals surface area contributed by atoms with Gasteiger partial charge >= 0.3 is 5.97 Å². The number of halogens is 2. The first kappa shape index (κ1) is 18.7. The van der Waals surface area contributed by atoms with Gasteiger partial charge in [0.05, 0.1) is 21.7 Å². The second kappa shape index (κ2) is 7.29. The van der Waals surface area contributed by atoms with E-state index in [1.54, 1.807) is 33.8 Å². The molecule has 1 aromatic carbocycles. The number of piperidine rings is 1. The average molecular weight is 396 g/mol. The first-order valence-corrected chi connectivity index (χ1v) is 9.07. The lowest BCUT2D eigenvalue weighted by Gasteiger charge is -2.34. The minimum absolute atomic E-state index is 0.0940. The molecule has 138 valence electrons. The molecule has 1 aromatic heterocycles. The quantitative estimate of drug-likeness (QED) is 0.859. The van der Waals surface area contributed by atoms with Crippen LogP contribution in [0.1, 0.15) is 29.5 Å². The molecule has 2 atom stereocenters. The molecule has 2 aromatic rings. The van der Waals surface area contributed by atoms with Crippen molar-refractivity contribution < 1.29 is 14.7 Å². The lowest BCUT2D eigenvalue weighted by atomic mass is 9.87. The number of nitrogens with zero attached hydrogens (tertiary/aromatic N) is 3. The Morgan fingerprint density at radius 2 is 1.96 bits per heavy atom. The van der Waals surface area contributed by atoms with E-state index in [0.29, 0.717) is 40.9 Å². The van der Waals surface area contributed by atoms with Crippen LogP contribution in [0.25, 0.3) is 5.69 Å². The Bertz CT molecular complexity index is 865. The summed E-state index contributed by atoms with van der Waals surface area (Å²) in [7, 11) is 0. The number of benzene rings is 1. The van der Waals surface area contributed by atoms with Crippen LogP contribution in [0, 0.1) is 18.8 Å². The molecule has 2 unspecified atom stereocenters. The van der Waals surface area contributed by atoms with Crippen molar-refractivity contribution in [2.75, 3.05) is 13.1 Å². The summed E-state index contributed by atoms with van der Waals surface area (Å²) < 4.78 is 1.64. The van der Waals surface area contributed by atoms with Gasteiger partial charge in [-0.2, -0.15) is 5.10 Å². The Kier molecular flexibility index (Phi) is 5.25. The minimum atomic E-state index is -0.802. The van der Waals surface area contributed by atoms with Crippen molar-refractivity contribution in [3.05, 3.63) is 45.7 Å². The Labute approximate surface area is 161 Å². The molecule has 0 aliphatic carbocycles. The summed E-state index contributed by atoms with van der Waals surface area (Å²) in [5.74, 6) is -1.50. The molecular formula is C18H19Cl2N3O3. The summed E-state index contributed by atoms with van der Waals surface area (Å²) in [5.41, 5.74) is 1.84. The zero-order valence-electron chi connectivity index (χ0n) is 14.4. The van der Waals surface area contributed by atoms with Gasteiger partial charge in [-0.15, -0.1) is 0 Å². The lowest BCUT2D eigenvalue weighted by Crippen LogP contribution is -2.45. The van der Waals surface area contributed by atoms with Crippen molar-refractivity contribution in [2.45, 2.75) is 20.3 Å². The Balaban J connectivity index is 1.81. The van der Waals surface area contributed by atoms with Crippen molar-refractivity contribution in [2.24, 2.45) is 11.8 Å². The number of aryl methyl sites for hydroxylation is 1. The van der Waals surface area contributed by atoms with E-state index in [9.17, 15) is 14.7 Å². The molecule has 0 spiro atoms. The van der Waals surface area contributed by atoms with E-state index < -0.39 is 11.9 Å². The molecule has 1 fully saturated rings. The van der Waals surface area contributed by atoms with Crippen molar-refractivity contribution in [1.82, 2.24) is 14.7 Å². The fourth-order valence-corrected chi connectivity index (χ4v) is 3.61. The van der Waals surface area contributed by atoms with E-state index in [1.807, 2.05) is 13.8 Å². The van der Waals surface area contributed by atoms with E-state index in [2.05, 4.69) is 5.10 Å². The van der Waals surface area contributed by atoms with Gasteiger partial charge in [-0.1, -0.05) is 30.1 Å². The molecule has 1 aliphatic heterocycles. The van der Waals surface area contributed by atoms with Crippen LogP contribution in [0.2, 0.25) is 10.0 Å². The molecular weight excluding hydrogens is 377 g/mol. The predicted octanol–water partition coefficient (Wildman–Crippen LogP) is 3.67. The molecule has 26 heavy (non-hydrogen) atoms. The van der Waals surface area contributed by atoms with Crippen molar-refractivity contribution in [3.8, 4) is 5.69 Å². The number of hydrogen-bond acceptors (Lipinski definition) is 3. The molecule has 1 amide bonds. The SMILES string of the molecule is Cc1cc(C(=O)N2CCC(C(=O)O)C(C)C2)nn1-c1ccc(Cl)c(Cl)c1. The number of hydrogen-bond donors (Lipinski definition) is 1. The number of aromatic nitrogens is 2. The van der Waals surface area contributed by atoms with Crippen LogP contribution in [-0.4, -0.2) is 44.8 Å². The monoisotopic (exact) mass is 395 g/mol. The van der Waals surface area contributed by atoms with Crippen LogP contribution in [-0.2, 0) is 4.79 Å². The number of aliphatic carboxylic acids is 1. The van der Waals surface area contributed by atoms with E-state index in [1.165, 1.54) is 0 Å². The Hall–Kier alpha value is -2.05. The Morgan fingerprint density at radius 3 is 2.58 bits per heavy atom. The van der Waals surface area contributed by atoms with Gasteiger partial charge in [0.15, 0.2) is 5.69 Å².